The first-order valence-electron chi connectivity index (χ1n) is 8.67. The average molecular weight is 414 g/mol. The number of carbonyl (C=O) groups is 1. The van der Waals surface area contributed by atoms with Gasteiger partial charge in [0.2, 0.25) is 10.0 Å². The second kappa shape index (κ2) is 7.98. The summed E-state index contributed by atoms with van der Waals surface area (Å²) in [7, 11) is -4.25. The molecule has 0 saturated carbocycles. The number of rotatable bonds is 7. The zero-order valence-corrected chi connectivity index (χ0v) is 16.2. The van der Waals surface area contributed by atoms with Crippen LogP contribution in [0.2, 0.25) is 0 Å². The van der Waals surface area contributed by atoms with E-state index in [0.717, 1.165) is 9.69 Å². The lowest BCUT2D eigenvalue weighted by Gasteiger charge is -2.26. The van der Waals surface area contributed by atoms with Gasteiger partial charge in [0.15, 0.2) is 0 Å². The third kappa shape index (κ3) is 4.10. The van der Waals surface area contributed by atoms with Crippen molar-refractivity contribution in [3.63, 3.8) is 0 Å². The van der Waals surface area contributed by atoms with Crippen molar-refractivity contribution in [2.75, 3.05) is 0 Å². The van der Waals surface area contributed by atoms with Crippen molar-refractivity contribution in [2.45, 2.75) is 24.4 Å². The van der Waals surface area contributed by atoms with Gasteiger partial charge in [0.05, 0.1) is 9.82 Å². The van der Waals surface area contributed by atoms with Crippen molar-refractivity contribution in [1.82, 2.24) is 4.31 Å². The van der Waals surface area contributed by atoms with Crippen molar-refractivity contribution in [3.8, 4) is 0 Å². The monoisotopic (exact) mass is 414 g/mol. The average Bonchev–Trinajstić information content (AvgIpc) is 2.71. The minimum absolute atomic E-state index is 0.0807. The van der Waals surface area contributed by atoms with Crippen LogP contribution >= 0.6 is 0 Å². The number of carboxylic acid groups (broad SMARTS) is 1. The Morgan fingerprint density at radius 1 is 1.07 bits per heavy atom. The smallest absolute Gasteiger partial charge is 0.321 e. The molecule has 0 radical (unpaired) electrons. The van der Waals surface area contributed by atoms with Gasteiger partial charge in [-0.3, -0.25) is 14.9 Å². The maximum Gasteiger partial charge on any atom is 0.321 e. The predicted octanol–water partition coefficient (Wildman–Crippen LogP) is 3.41. The molecule has 1 atom stereocenters. The van der Waals surface area contributed by atoms with E-state index in [4.69, 9.17) is 0 Å². The molecular weight excluding hydrogens is 396 g/mol. The molecule has 150 valence electrons. The van der Waals surface area contributed by atoms with E-state index < -0.39 is 33.5 Å². The highest BCUT2D eigenvalue weighted by molar-refractivity contribution is 7.89. The second-order valence-electron chi connectivity index (χ2n) is 6.46. The molecule has 0 spiro atoms. The fraction of sp³-hybridized carbons (Fsp3) is 0.150. The number of benzene rings is 3. The van der Waals surface area contributed by atoms with Crippen LogP contribution in [-0.4, -0.2) is 34.8 Å². The molecule has 3 rings (SSSR count). The van der Waals surface area contributed by atoms with Crippen LogP contribution in [0.3, 0.4) is 0 Å². The first-order valence-corrected chi connectivity index (χ1v) is 10.1. The molecule has 1 N–H and O–H groups in total. The Morgan fingerprint density at radius 3 is 2.34 bits per heavy atom. The van der Waals surface area contributed by atoms with Crippen LogP contribution < -0.4 is 0 Å². The number of nitrogens with zero attached hydrogens (tertiary/aromatic N) is 2. The number of fused-ring (bicyclic) bond motifs is 1. The summed E-state index contributed by atoms with van der Waals surface area (Å²) >= 11 is 0. The third-order valence-electron chi connectivity index (χ3n) is 4.63. The quantitative estimate of drug-likeness (QED) is 0.468. The molecule has 0 aromatic heterocycles. The molecule has 3 aromatic rings. The van der Waals surface area contributed by atoms with Crippen molar-refractivity contribution in [1.29, 1.82) is 0 Å². The van der Waals surface area contributed by atoms with Crippen LogP contribution in [0.25, 0.3) is 10.8 Å². The van der Waals surface area contributed by atoms with Gasteiger partial charge >= 0.3 is 5.97 Å². The molecule has 0 amide bonds. The van der Waals surface area contributed by atoms with Crippen LogP contribution in [0.5, 0.6) is 0 Å². The van der Waals surface area contributed by atoms with E-state index in [1.54, 1.807) is 18.2 Å². The number of sulfonamides is 1. The largest absolute Gasteiger partial charge is 0.480 e. The molecule has 0 aliphatic carbocycles. The number of hydrogen-bond donors (Lipinski definition) is 1. The zero-order valence-electron chi connectivity index (χ0n) is 15.4. The van der Waals surface area contributed by atoms with Gasteiger partial charge < -0.3 is 5.11 Å². The summed E-state index contributed by atoms with van der Waals surface area (Å²) in [6.45, 7) is 0.787. The first-order chi connectivity index (χ1) is 13.7. The van der Waals surface area contributed by atoms with E-state index in [2.05, 4.69) is 0 Å². The van der Waals surface area contributed by atoms with Crippen molar-refractivity contribution < 1.29 is 23.2 Å². The summed E-state index contributed by atoms with van der Waals surface area (Å²) in [5.41, 5.74) is -0.168. The van der Waals surface area contributed by atoms with E-state index in [1.807, 2.05) is 12.1 Å². The molecule has 8 nitrogen and oxygen atoms in total. The Labute approximate surface area is 167 Å². The van der Waals surface area contributed by atoms with Crippen molar-refractivity contribution >= 4 is 32.5 Å². The SMILES string of the molecule is C[C@@H](C(=O)O)N(Cc1ccccc1[N+](=O)[O-])S(=O)(=O)c1ccc2ccccc2c1. The van der Waals surface area contributed by atoms with Crippen LogP contribution in [0.1, 0.15) is 12.5 Å². The van der Waals surface area contributed by atoms with Crippen LogP contribution in [0.4, 0.5) is 5.69 Å². The zero-order chi connectivity index (χ0) is 21.2. The number of hydrogen-bond acceptors (Lipinski definition) is 5. The Morgan fingerprint density at radius 2 is 1.69 bits per heavy atom. The van der Waals surface area contributed by atoms with E-state index in [-0.39, 0.29) is 16.1 Å². The molecule has 0 saturated heterocycles. The van der Waals surface area contributed by atoms with E-state index in [1.165, 1.54) is 43.3 Å². The van der Waals surface area contributed by atoms with Gasteiger partial charge in [0.1, 0.15) is 6.04 Å². The molecule has 0 bridgehead atoms. The van der Waals surface area contributed by atoms with E-state index in [9.17, 15) is 28.4 Å². The molecule has 9 heteroatoms. The Kier molecular flexibility index (Phi) is 5.62. The fourth-order valence-corrected chi connectivity index (χ4v) is 4.61. The minimum Gasteiger partial charge on any atom is -0.480 e. The lowest BCUT2D eigenvalue weighted by molar-refractivity contribution is -0.385. The van der Waals surface area contributed by atoms with E-state index in [0.29, 0.717) is 5.39 Å². The predicted molar refractivity (Wildman–Crippen MR) is 107 cm³/mol. The normalized spacial score (nSPS) is 12.8. The van der Waals surface area contributed by atoms with Crippen LogP contribution in [0.15, 0.2) is 71.6 Å². The summed E-state index contributed by atoms with van der Waals surface area (Å²) in [5, 5.41) is 22.3. The number of para-hydroxylation sites is 1. The van der Waals surface area contributed by atoms with Gasteiger partial charge in [-0.15, -0.1) is 0 Å². The second-order valence-corrected chi connectivity index (χ2v) is 8.35. The standard InChI is InChI=1S/C20H18N2O6S/c1-14(20(23)24)21(13-17-8-4-5-9-19(17)22(25)26)29(27,28)18-11-10-15-6-2-3-7-16(15)12-18/h2-12,14H,13H2,1H3,(H,23,24)/t14-/m0/s1. The molecule has 29 heavy (non-hydrogen) atoms. The fourth-order valence-electron chi connectivity index (χ4n) is 3.01. The molecule has 0 heterocycles. The minimum atomic E-state index is -4.25. The van der Waals surface area contributed by atoms with Gasteiger partial charge in [0, 0.05) is 18.2 Å². The Hall–Kier alpha value is -3.30. The van der Waals surface area contributed by atoms with Crippen molar-refractivity contribution in [3.05, 3.63) is 82.4 Å². The lowest BCUT2D eigenvalue weighted by Crippen LogP contribution is -2.42. The summed E-state index contributed by atoms with van der Waals surface area (Å²) in [6, 6.07) is 15.9. The molecule has 0 fully saturated rings. The highest BCUT2D eigenvalue weighted by Gasteiger charge is 2.34. The maximum absolute atomic E-state index is 13.3. The first kappa shape index (κ1) is 20.4. The summed E-state index contributed by atoms with van der Waals surface area (Å²) < 4.78 is 27.4. The number of aliphatic carboxylic acids is 1. The molecule has 0 aliphatic heterocycles. The van der Waals surface area contributed by atoms with Crippen LogP contribution in [-0.2, 0) is 21.4 Å². The highest BCUT2D eigenvalue weighted by atomic mass is 32.2. The number of nitro groups is 1. The van der Waals surface area contributed by atoms with E-state index >= 15 is 0 Å². The lowest BCUT2D eigenvalue weighted by atomic mass is 10.1. The highest BCUT2D eigenvalue weighted by Crippen LogP contribution is 2.27. The maximum atomic E-state index is 13.3. The summed E-state index contributed by atoms with van der Waals surface area (Å²) in [5.74, 6) is -1.35. The van der Waals surface area contributed by atoms with Gasteiger partial charge in [0.25, 0.3) is 5.69 Å². The molecule has 0 unspecified atom stereocenters. The molecule has 3 aromatic carbocycles. The number of nitro benzene ring substituents is 1. The molecule has 0 aliphatic rings. The summed E-state index contributed by atoms with van der Waals surface area (Å²) in [4.78, 5) is 22.2. The Bertz CT molecular complexity index is 1190. The van der Waals surface area contributed by atoms with Crippen LogP contribution in [0, 0.1) is 10.1 Å². The summed E-state index contributed by atoms with van der Waals surface area (Å²) in [6.07, 6.45) is 0. The third-order valence-corrected chi connectivity index (χ3v) is 6.54. The van der Waals surface area contributed by atoms with Gasteiger partial charge in [-0.05, 0) is 29.8 Å². The van der Waals surface area contributed by atoms with Gasteiger partial charge in [-0.2, -0.15) is 4.31 Å². The number of carboxylic acids is 1. The molecular formula is C20H18N2O6S. The van der Waals surface area contributed by atoms with Gasteiger partial charge in [-0.25, -0.2) is 8.42 Å². The van der Waals surface area contributed by atoms with Crippen molar-refractivity contribution in [2.24, 2.45) is 0 Å². The van der Waals surface area contributed by atoms with Gasteiger partial charge in [-0.1, -0.05) is 48.5 Å². The Balaban J connectivity index is 2.10. The topological polar surface area (TPSA) is 118 Å².